The zero-order chi connectivity index (χ0) is 14.5. The molecule has 1 amide bonds. The maximum atomic E-state index is 12.4. The van der Waals surface area contributed by atoms with Crippen LogP contribution in [0.2, 0.25) is 8.67 Å². The summed E-state index contributed by atoms with van der Waals surface area (Å²) in [6, 6.07) is 5.21. The Labute approximate surface area is 130 Å². The van der Waals surface area contributed by atoms with Crippen LogP contribution in [0.15, 0.2) is 30.6 Å². The highest BCUT2D eigenvalue weighted by molar-refractivity contribution is 7.20. The highest BCUT2D eigenvalue weighted by atomic mass is 35.5. The third-order valence-electron chi connectivity index (χ3n) is 2.64. The first-order valence-electron chi connectivity index (χ1n) is 5.85. The molecule has 4 nitrogen and oxygen atoms in total. The van der Waals surface area contributed by atoms with Crippen molar-refractivity contribution in [3.63, 3.8) is 0 Å². The van der Waals surface area contributed by atoms with E-state index in [1.54, 1.807) is 24.5 Å². The van der Waals surface area contributed by atoms with E-state index in [0.29, 0.717) is 20.8 Å². The zero-order valence-electron chi connectivity index (χ0n) is 10.4. The van der Waals surface area contributed by atoms with Crippen LogP contribution in [-0.4, -0.2) is 34.0 Å². The van der Waals surface area contributed by atoms with Crippen LogP contribution in [0.4, 0.5) is 0 Å². The van der Waals surface area contributed by atoms with Crippen molar-refractivity contribution in [3.8, 4) is 0 Å². The maximum Gasteiger partial charge on any atom is 0.256 e. The van der Waals surface area contributed by atoms with Crippen LogP contribution in [0.25, 0.3) is 0 Å². The van der Waals surface area contributed by atoms with Crippen molar-refractivity contribution >= 4 is 40.4 Å². The number of hydrogen-bond donors (Lipinski definition) is 1. The van der Waals surface area contributed by atoms with Crippen molar-refractivity contribution < 1.29 is 9.90 Å². The Morgan fingerprint density at radius 2 is 2.25 bits per heavy atom. The number of hydrogen-bond acceptors (Lipinski definition) is 4. The molecule has 2 aromatic rings. The fourth-order valence-electron chi connectivity index (χ4n) is 1.74. The highest BCUT2D eigenvalue weighted by Gasteiger charge is 2.20. The molecule has 2 heterocycles. The number of carbonyl (C=O) groups excluding carboxylic acids is 1. The molecule has 0 aliphatic rings. The second-order valence-corrected chi connectivity index (χ2v) is 6.34. The molecule has 0 unspecified atom stereocenters. The quantitative estimate of drug-likeness (QED) is 0.916. The van der Waals surface area contributed by atoms with Gasteiger partial charge in [-0.25, -0.2) is 0 Å². The lowest BCUT2D eigenvalue weighted by Crippen LogP contribution is -2.33. The van der Waals surface area contributed by atoms with Gasteiger partial charge in [0.25, 0.3) is 5.91 Å². The van der Waals surface area contributed by atoms with Gasteiger partial charge in [-0.3, -0.25) is 9.78 Å². The summed E-state index contributed by atoms with van der Waals surface area (Å²) in [7, 11) is 0. The van der Waals surface area contributed by atoms with E-state index < -0.39 is 0 Å². The van der Waals surface area contributed by atoms with E-state index in [4.69, 9.17) is 28.3 Å². The molecule has 0 saturated carbocycles. The molecule has 0 spiro atoms. The van der Waals surface area contributed by atoms with Crippen molar-refractivity contribution in [2.45, 2.75) is 6.54 Å². The molecule has 0 aliphatic heterocycles. The summed E-state index contributed by atoms with van der Waals surface area (Å²) in [4.78, 5) is 18.0. The summed E-state index contributed by atoms with van der Waals surface area (Å²) < 4.78 is 0.817. The summed E-state index contributed by atoms with van der Waals surface area (Å²) in [6.45, 7) is 0.454. The van der Waals surface area contributed by atoms with Crippen molar-refractivity contribution in [2.24, 2.45) is 0 Å². The molecule has 0 radical (unpaired) electrons. The molecule has 0 bridgehead atoms. The van der Waals surface area contributed by atoms with Crippen LogP contribution < -0.4 is 0 Å². The number of aliphatic hydroxyl groups is 1. The first-order chi connectivity index (χ1) is 9.61. The van der Waals surface area contributed by atoms with Gasteiger partial charge in [0.1, 0.15) is 4.34 Å². The molecule has 0 fully saturated rings. The average molecular weight is 331 g/mol. The first kappa shape index (κ1) is 15.3. The molecule has 0 saturated heterocycles. The Morgan fingerprint density at radius 1 is 1.45 bits per heavy atom. The Hall–Kier alpha value is -1.14. The number of carbonyl (C=O) groups is 1. The van der Waals surface area contributed by atoms with Crippen LogP contribution in [0.1, 0.15) is 15.9 Å². The standard InChI is InChI=1S/C13H12Cl2N2O2S/c14-11-6-10(12(15)20-11)13(19)17(4-5-18)8-9-2-1-3-16-7-9/h1-3,6-7,18H,4-5,8H2. The Morgan fingerprint density at radius 3 is 2.80 bits per heavy atom. The molecule has 0 atom stereocenters. The van der Waals surface area contributed by atoms with Gasteiger partial charge >= 0.3 is 0 Å². The zero-order valence-corrected chi connectivity index (χ0v) is 12.8. The number of aliphatic hydroxyl groups excluding tert-OH is 1. The SMILES string of the molecule is O=C(c1cc(Cl)sc1Cl)N(CCO)Cc1cccnc1. The fourth-order valence-corrected chi connectivity index (χ4v) is 3.19. The summed E-state index contributed by atoms with van der Waals surface area (Å²) in [5.41, 5.74) is 1.24. The number of nitrogens with zero attached hydrogens (tertiary/aromatic N) is 2. The van der Waals surface area contributed by atoms with Gasteiger partial charge in [0.15, 0.2) is 0 Å². The lowest BCUT2D eigenvalue weighted by molar-refractivity contribution is 0.0708. The van der Waals surface area contributed by atoms with Gasteiger partial charge in [-0.1, -0.05) is 29.3 Å². The van der Waals surface area contributed by atoms with Crippen molar-refractivity contribution in [3.05, 3.63) is 50.4 Å². The Balaban J connectivity index is 2.20. The summed E-state index contributed by atoms with van der Waals surface area (Å²) in [6.07, 6.45) is 3.34. The van der Waals surface area contributed by atoms with E-state index in [-0.39, 0.29) is 19.1 Å². The summed E-state index contributed by atoms with van der Waals surface area (Å²) in [5, 5.41) is 9.12. The molecule has 20 heavy (non-hydrogen) atoms. The van der Waals surface area contributed by atoms with E-state index in [2.05, 4.69) is 4.98 Å². The number of halogens is 2. The number of thiophene rings is 1. The third kappa shape index (κ3) is 3.70. The van der Waals surface area contributed by atoms with Crippen molar-refractivity contribution in [1.29, 1.82) is 0 Å². The van der Waals surface area contributed by atoms with Gasteiger partial charge in [0.2, 0.25) is 0 Å². The van der Waals surface area contributed by atoms with E-state index >= 15 is 0 Å². The topological polar surface area (TPSA) is 53.4 Å². The molecule has 0 aromatic carbocycles. The number of aromatic nitrogens is 1. The lowest BCUT2D eigenvalue weighted by atomic mass is 10.2. The lowest BCUT2D eigenvalue weighted by Gasteiger charge is -2.21. The fraction of sp³-hybridized carbons (Fsp3) is 0.231. The van der Waals surface area contributed by atoms with Crippen LogP contribution in [0, 0.1) is 0 Å². The summed E-state index contributed by atoms with van der Waals surface area (Å²) in [5.74, 6) is -0.254. The van der Waals surface area contributed by atoms with E-state index in [1.165, 1.54) is 4.90 Å². The number of rotatable bonds is 5. The van der Waals surface area contributed by atoms with Gasteiger partial charge in [-0.05, 0) is 17.7 Å². The van der Waals surface area contributed by atoms with Crippen LogP contribution >= 0.6 is 34.5 Å². The van der Waals surface area contributed by atoms with E-state index in [9.17, 15) is 4.79 Å². The number of amides is 1. The predicted molar refractivity (Wildman–Crippen MR) is 80.4 cm³/mol. The molecule has 0 aliphatic carbocycles. The molecular weight excluding hydrogens is 319 g/mol. The second-order valence-electron chi connectivity index (χ2n) is 4.05. The van der Waals surface area contributed by atoms with E-state index in [0.717, 1.165) is 16.9 Å². The Bertz CT molecular complexity index is 589. The van der Waals surface area contributed by atoms with Gasteiger partial charge in [0.05, 0.1) is 16.5 Å². The highest BCUT2D eigenvalue weighted by Crippen LogP contribution is 2.32. The van der Waals surface area contributed by atoms with Gasteiger partial charge in [-0.15, -0.1) is 11.3 Å². The van der Waals surface area contributed by atoms with Crippen LogP contribution in [-0.2, 0) is 6.54 Å². The van der Waals surface area contributed by atoms with Crippen molar-refractivity contribution in [2.75, 3.05) is 13.2 Å². The van der Waals surface area contributed by atoms with Crippen LogP contribution in [0.5, 0.6) is 0 Å². The molecule has 2 aromatic heterocycles. The second kappa shape index (κ2) is 7.04. The molecule has 7 heteroatoms. The normalized spacial score (nSPS) is 10.6. The monoisotopic (exact) mass is 330 g/mol. The van der Waals surface area contributed by atoms with Gasteiger partial charge < -0.3 is 10.0 Å². The first-order valence-corrected chi connectivity index (χ1v) is 7.43. The average Bonchev–Trinajstić information content (AvgIpc) is 2.77. The minimum atomic E-state index is -0.254. The van der Waals surface area contributed by atoms with Gasteiger partial charge in [-0.2, -0.15) is 0 Å². The van der Waals surface area contributed by atoms with Gasteiger partial charge in [0, 0.05) is 25.5 Å². The predicted octanol–water partition coefficient (Wildman–Crippen LogP) is 3.08. The molecule has 2 rings (SSSR count). The largest absolute Gasteiger partial charge is 0.395 e. The minimum Gasteiger partial charge on any atom is -0.395 e. The maximum absolute atomic E-state index is 12.4. The smallest absolute Gasteiger partial charge is 0.256 e. The van der Waals surface area contributed by atoms with Crippen molar-refractivity contribution in [1.82, 2.24) is 9.88 Å². The molecule has 1 N–H and O–H groups in total. The molecular formula is C13H12Cl2N2O2S. The van der Waals surface area contributed by atoms with E-state index in [1.807, 2.05) is 6.07 Å². The molecule has 106 valence electrons. The summed E-state index contributed by atoms with van der Waals surface area (Å²) >= 11 is 13.0. The number of pyridine rings is 1. The minimum absolute atomic E-state index is 0.124. The third-order valence-corrected chi connectivity index (χ3v) is 4.13. The Kier molecular flexibility index (Phi) is 5.37. The van der Waals surface area contributed by atoms with Crippen LogP contribution in [0.3, 0.4) is 0 Å².